The zero-order chi connectivity index (χ0) is 18.7. The SMILES string of the molecule is CN=C(NCCCOc1ccccc1)NCCCc1nnc2ccccn12. The number of nitrogens with zero attached hydrogens (tertiary/aromatic N) is 4. The Kier molecular flexibility index (Phi) is 7.03. The molecule has 7 nitrogen and oxygen atoms in total. The molecule has 0 radical (unpaired) electrons. The van der Waals surface area contributed by atoms with E-state index in [0.717, 1.165) is 55.5 Å². The molecule has 0 saturated carbocycles. The van der Waals surface area contributed by atoms with E-state index in [1.54, 1.807) is 7.05 Å². The highest BCUT2D eigenvalue weighted by Crippen LogP contribution is 2.08. The number of benzene rings is 1. The number of fused-ring (bicyclic) bond motifs is 1. The zero-order valence-electron chi connectivity index (χ0n) is 15.6. The summed E-state index contributed by atoms with van der Waals surface area (Å²) in [7, 11) is 1.78. The van der Waals surface area contributed by atoms with Gasteiger partial charge in [0.25, 0.3) is 0 Å². The molecule has 0 aliphatic heterocycles. The zero-order valence-corrected chi connectivity index (χ0v) is 15.6. The minimum atomic E-state index is 0.675. The van der Waals surface area contributed by atoms with Gasteiger partial charge in [0, 0.05) is 32.8 Å². The van der Waals surface area contributed by atoms with Crippen LogP contribution in [0, 0.1) is 0 Å². The van der Waals surface area contributed by atoms with Gasteiger partial charge in [-0.15, -0.1) is 10.2 Å². The molecule has 0 bridgehead atoms. The molecule has 142 valence electrons. The number of aliphatic imine (C=N–C) groups is 1. The summed E-state index contributed by atoms with van der Waals surface area (Å²) in [6.07, 6.45) is 4.71. The third kappa shape index (κ3) is 5.70. The molecule has 0 aliphatic rings. The van der Waals surface area contributed by atoms with Crippen LogP contribution in [0.4, 0.5) is 0 Å². The van der Waals surface area contributed by atoms with Crippen molar-refractivity contribution in [3.8, 4) is 5.75 Å². The Morgan fingerprint density at radius 3 is 2.59 bits per heavy atom. The minimum Gasteiger partial charge on any atom is -0.494 e. The van der Waals surface area contributed by atoms with Crippen LogP contribution in [0.25, 0.3) is 5.65 Å². The van der Waals surface area contributed by atoms with E-state index in [0.29, 0.717) is 6.61 Å². The molecule has 27 heavy (non-hydrogen) atoms. The van der Waals surface area contributed by atoms with Gasteiger partial charge < -0.3 is 15.4 Å². The second-order valence-corrected chi connectivity index (χ2v) is 6.09. The van der Waals surface area contributed by atoms with E-state index in [1.807, 2.05) is 59.1 Å². The fourth-order valence-electron chi connectivity index (χ4n) is 2.72. The first kappa shape index (κ1) is 18.7. The Hall–Kier alpha value is -3.09. The highest BCUT2D eigenvalue weighted by atomic mass is 16.5. The quantitative estimate of drug-likeness (QED) is 0.345. The summed E-state index contributed by atoms with van der Waals surface area (Å²) in [4.78, 5) is 4.25. The molecule has 3 rings (SSSR count). The number of hydrogen-bond acceptors (Lipinski definition) is 4. The molecule has 0 amide bonds. The minimum absolute atomic E-state index is 0.675. The standard InChI is InChI=1S/C20H26N6O/c1-21-20(23-14-8-16-27-17-9-3-2-4-10-17)22-13-7-12-19-25-24-18-11-5-6-15-26(18)19/h2-6,9-11,15H,7-8,12-14,16H2,1H3,(H2,21,22,23). The van der Waals surface area contributed by atoms with Crippen molar-refractivity contribution < 1.29 is 4.74 Å². The number of guanidine groups is 1. The average molecular weight is 366 g/mol. The lowest BCUT2D eigenvalue weighted by atomic mass is 10.3. The van der Waals surface area contributed by atoms with Crippen molar-refractivity contribution in [3.05, 3.63) is 60.6 Å². The molecule has 0 fully saturated rings. The molecule has 2 heterocycles. The van der Waals surface area contributed by atoms with Gasteiger partial charge >= 0.3 is 0 Å². The summed E-state index contributed by atoms with van der Waals surface area (Å²) in [6.45, 7) is 2.30. The van der Waals surface area contributed by atoms with Crippen LogP contribution in [0.15, 0.2) is 59.7 Å². The van der Waals surface area contributed by atoms with Gasteiger partial charge in [0.1, 0.15) is 11.6 Å². The van der Waals surface area contributed by atoms with Crippen molar-refractivity contribution in [2.45, 2.75) is 19.3 Å². The van der Waals surface area contributed by atoms with Crippen molar-refractivity contribution in [1.82, 2.24) is 25.2 Å². The van der Waals surface area contributed by atoms with Crippen molar-refractivity contribution in [2.24, 2.45) is 4.99 Å². The van der Waals surface area contributed by atoms with Gasteiger partial charge in [-0.1, -0.05) is 24.3 Å². The fourth-order valence-corrected chi connectivity index (χ4v) is 2.72. The van der Waals surface area contributed by atoms with E-state index in [4.69, 9.17) is 4.74 Å². The van der Waals surface area contributed by atoms with Gasteiger partial charge in [0.2, 0.25) is 0 Å². The Morgan fingerprint density at radius 1 is 1.00 bits per heavy atom. The summed E-state index contributed by atoms with van der Waals surface area (Å²) in [6, 6.07) is 15.8. The first-order valence-corrected chi connectivity index (χ1v) is 9.28. The van der Waals surface area contributed by atoms with Gasteiger partial charge in [0.05, 0.1) is 6.61 Å². The third-order valence-electron chi connectivity index (χ3n) is 4.10. The summed E-state index contributed by atoms with van der Waals surface area (Å²) in [5.41, 5.74) is 0.885. The fraction of sp³-hybridized carbons (Fsp3) is 0.350. The van der Waals surface area contributed by atoms with Crippen LogP contribution in [0.5, 0.6) is 5.75 Å². The van der Waals surface area contributed by atoms with Gasteiger partial charge in [-0.2, -0.15) is 0 Å². The molecule has 0 aliphatic carbocycles. The Balaban J connectivity index is 1.30. The number of nitrogens with one attached hydrogen (secondary N) is 2. The number of rotatable bonds is 9. The molecule has 0 atom stereocenters. The number of hydrogen-bond donors (Lipinski definition) is 2. The van der Waals surface area contributed by atoms with Gasteiger partial charge in [-0.25, -0.2) is 0 Å². The second-order valence-electron chi connectivity index (χ2n) is 6.09. The van der Waals surface area contributed by atoms with Crippen molar-refractivity contribution in [3.63, 3.8) is 0 Å². The Labute approximate surface area is 159 Å². The van der Waals surface area contributed by atoms with E-state index in [2.05, 4.69) is 25.8 Å². The topological polar surface area (TPSA) is 75.8 Å². The van der Waals surface area contributed by atoms with Crippen LogP contribution in [-0.4, -0.2) is 47.3 Å². The largest absolute Gasteiger partial charge is 0.494 e. The van der Waals surface area contributed by atoms with Crippen LogP contribution in [0.2, 0.25) is 0 Å². The highest BCUT2D eigenvalue weighted by Gasteiger charge is 2.04. The van der Waals surface area contributed by atoms with Crippen LogP contribution in [0.3, 0.4) is 0 Å². The molecular formula is C20H26N6O. The van der Waals surface area contributed by atoms with E-state index in [-0.39, 0.29) is 0 Å². The third-order valence-corrected chi connectivity index (χ3v) is 4.10. The van der Waals surface area contributed by atoms with Crippen molar-refractivity contribution >= 4 is 11.6 Å². The van der Waals surface area contributed by atoms with E-state index in [1.165, 1.54) is 0 Å². The maximum absolute atomic E-state index is 5.68. The van der Waals surface area contributed by atoms with Crippen molar-refractivity contribution in [2.75, 3.05) is 26.7 Å². The van der Waals surface area contributed by atoms with E-state index < -0.39 is 0 Å². The Bertz CT molecular complexity index is 846. The first-order chi connectivity index (χ1) is 13.4. The van der Waals surface area contributed by atoms with E-state index in [9.17, 15) is 0 Å². The predicted molar refractivity (Wildman–Crippen MR) is 107 cm³/mol. The number of ether oxygens (including phenoxy) is 1. The lowest BCUT2D eigenvalue weighted by molar-refractivity contribution is 0.311. The molecule has 2 N–H and O–H groups in total. The summed E-state index contributed by atoms with van der Waals surface area (Å²) >= 11 is 0. The van der Waals surface area contributed by atoms with Crippen LogP contribution in [-0.2, 0) is 6.42 Å². The number of para-hydroxylation sites is 1. The number of aromatic nitrogens is 3. The normalized spacial score (nSPS) is 11.5. The van der Waals surface area contributed by atoms with Crippen LogP contribution < -0.4 is 15.4 Å². The molecule has 0 unspecified atom stereocenters. The molecule has 3 aromatic rings. The maximum Gasteiger partial charge on any atom is 0.190 e. The molecule has 0 saturated heterocycles. The lowest BCUT2D eigenvalue weighted by Gasteiger charge is -2.12. The van der Waals surface area contributed by atoms with Gasteiger partial charge in [-0.3, -0.25) is 9.39 Å². The van der Waals surface area contributed by atoms with Crippen molar-refractivity contribution in [1.29, 1.82) is 0 Å². The lowest BCUT2D eigenvalue weighted by Crippen LogP contribution is -2.38. The van der Waals surface area contributed by atoms with Gasteiger partial charge in [-0.05, 0) is 37.1 Å². The Morgan fingerprint density at radius 2 is 1.78 bits per heavy atom. The van der Waals surface area contributed by atoms with Crippen LogP contribution >= 0.6 is 0 Å². The first-order valence-electron chi connectivity index (χ1n) is 9.28. The second kappa shape index (κ2) is 10.2. The summed E-state index contributed by atoms with van der Waals surface area (Å²) < 4.78 is 7.71. The maximum atomic E-state index is 5.68. The highest BCUT2D eigenvalue weighted by molar-refractivity contribution is 5.79. The molecule has 2 aromatic heterocycles. The smallest absolute Gasteiger partial charge is 0.190 e. The molecule has 1 aromatic carbocycles. The van der Waals surface area contributed by atoms with E-state index >= 15 is 0 Å². The average Bonchev–Trinajstić information content (AvgIpc) is 3.13. The summed E-state index contributed by atoms with van der Waals surface area (Å²) in [5, 5.41) is 15.1. The molecule has 0 spiro atoms. The number of pyridine rings is 1. The molecule has 7 heteroatoms. The monoisotopic (exact) mass is 366 g/mol. The predicted octanol–water partition coefficient (Wildman–Crippen LogP) is 2.30. The summed E-state index contributed by atoms with van der Waals surface area (Å²) in [5.74, 6) is 2.69. The van der Waals surface area contributed by atoms with Crippen LogP contribution in [0.1, 0.15) is 18.7 Å². The number of aryl methyl sites for hydroxylation is 1. The molecular weight excluding hydrogens is 340 g/mol. The van der Waals surface area contributed by atoms with Gasteiger partial charge in [0.15, 0.2) is 11.6 Å².